The highest BCUT2D eigenvalue weighted by molar-refractivity contribution is 5.95. The third-order valence-corrected chi connectivity index (χ3v) is 3.75. The number of ether oxygens (including phenoxy) is 1. The van der Waals surface area contributed by atoms with Gasteiger partial charge in [-0.05, 0) is 54.3 Å². The zero-order valence-electron chi connectivity index (χ0n) is 13.8. The van der Waals surface area contributed by atoms with Crippen LogP contribution in [0.3, 0.4) is 0 Å². The summed E-state index contributed by atoms with van der Waals surface area (Å²) in [5.74, 6) is -0.103. The Kier molecular flexibility index (Phi) is 5.95. The van der Waals surface area contributed by atoms with Gasteiger partial charge in [0.05, 0.1) is 12.7 Å². The van der Waals surface area contributed by atoms with E-state index in [-0.39, 0.29) is 17.4 Å². The third-order valence-electron chi connectivity index (χ3n) is 3.75. The number of carboxylic acids is 1. The van der Waals surface area contributed by atoms with Crippen LogP contribution >= 0.6 is 0 Å². The molecule has 0 aliphatic carbocycles. The Hall–Kier alpha value is -2.82. The van der Waals surface area contributed by atoms with Crippen LogP contribution in [0, 0.1) is 5.92 Å². The molecule has 0 saturated carbocycles. The first-order chi connectivity index (χ1) is 11.5. The molecule has 126 valence electrons. The largest absolute Gasteiger partial charge is 0.497 e. The average Bonchev–Trinajstić information content (AvgIpc) is 2.60. The Balaban J connectivity index is 1.84. The van der Waals surface area contributed by atoms with E-state index in [2.05, 4.69) is 12.2 Å². The summed E-state index contributed by atoms with van der Waals surface area (Å²) >= 11 is 0. The first-order valence-electron chi connectivity index (χ1n) is 7.74. The van der Waals surface area contributed by atoms with E-state index in [0.29, 0.717) is 12.1 Å². The summed E-state index contributed by atoms with van der Waals surface area (Å²) in [6.07, 6.45) is 0.849. The standard InChI is InChI=1S/C19H21NO4/c1-13(11-14-3-9-17(24-2)10-4-14)12-20-18(21)15-5-7-16(8-6-15)19(22)23/h3-10,13H,11-12H2,1-2H3,(H,20,21)(H,22,23). The van der Waals surface area contributed by atoms with Crippen molar-refractivity contribution >= 4 is 11.9 Å². The van der Waals surface area contributed by atoms with Crippen LogP contribution in [0.2, 0.25) is 0 Å². The molecule has 0 aliphatic rings. The monoisotopic (exact) mass is 327 g/mol. The second-order valence-electron chi connectivity index (χ2n) is 5.75. The van der Waals surface area contributed by atoms with Gasteiger partial charge in [0.2, 0.25) is 0 Å². The Morgan fingerprint density at radius 2 is 1.62 bits per heavy atom. The van der Waals surface area contributed by atoms with E-state index in [1.54, 1.807) is 7.11 Å². The highest BCUT2D eigenvalue weighted by Gasteiger charge is 2.10. The van der Waals surface area contributed by atoms with E-state index in [1.807, 2.05) is 24.3 Å². The number of carboxylic acid groups (broad SMARTS) is 1. The summed E-state index contributed by atoms with van der Waals surface area (Å²) in [4.78, 5) is 22.9. The molecule has 2 N–H and O–H groups in total. The maximum Gasteiger partial charge on any atom is 0.335 e. The smallest absolute Gasteiger partial charge is 0.335 e. The van der Waals surface area contributed by atoms with Gasteiger partial charge in [-0.2, -0.15) is 0 Å². The zero-order valence-corrected chi connectivity index (χ0v) is 13.8. The number of aromatic carboxylic acids is 1. The molecule has 1 unspecified atom stereocenters. The second kappa shape index (κ2) is 8.15. The molecular weight excluding hydrogens is 306 g/mol. The Morgan fingerprint density at radius 1 is 1.04 bits per heavy atom. The van der Waals surface area contributed by atoms with Crippen molar-refractivity contribution in [1.82, 2.24) is 5.32 Å². The van der Waals surface area contributed by atoms with Gasteiger partial charge in [-0.15, -0.1) is 0 Å². The van der Waals surface area contributed by atoms with Crippen molar-refractivity contribution in [2.24, 2.45) is 5.92 Å². The molecule has 2 aromatic rings. The lowest BCUT2D eigenvalue weighted by Crippen LogP contribution is -2.29. The third kappa shape index (κ3) is 4.84. The molecule has 24 heavy (non-hydrogen) atoms. The summed E-state index contributed by atoms with van der Waals surface area (Å²) in [6, 6.07) is 13.8. The molecule has 0 saturated heterocycles. The molecule has 5 nitrogen and oxygen atoms in total. The van der Waals surface area contributed by atoms with Crippen molar-refractivity contribution in [1.29, 1.82) is 0 Å². The van der Waals surface area contributed by atoms with Crippen LogP contribution in [-0.2, 0) is 6.42 Å². The molecule has 1 atom stereocenters. The maximum atomic E-state index is 12.1. The van der Waals surface area contributed by atoms with Crippen LogP contribution < -0.4 is 10.1 Å². The van der Waals surface area contributed by atoms with Gasteiger partial charge in [0.25, 0.3) is 5.91 Å². The van der Waals surface area contributed by atoms with Gasteiger partial charge in [0.1, 0.15) is 5.75 Å². The first kappa shape index (κ1) is 17.5. The lowest BCUT2D eigenvalue weighted by Gasteiger charge is -2.13. The fourth-order valence-electron chi connectivity index (χ4n) is 2.37. The molecule has 0 heterocycles. The Labute approximate surface area is 141 Å². The van der Waals surface area contributed by atoms with Crippen molar-refractivity contribution in [3.05, 3.63) is 65.2 Å². The van der Waals surface area contributed by atoms with Gasteiger partial charge in [0, 0.05) is 12.1 Å². The van der Waals surface area contributed by atoms with E-state index in [0.717, 1.165) is 12.2 Å². The van der Waals surface area contributed by atoms with Crippen molar-refractivity contribution in [3.63, 3.8) is 0 Å². The normalized spacial score (nSPS) is 11.6. The van der Waals surface area contributed by atoms with Gasteiger partial charge in [-0.25, -0.2) is 4.79 Å². The van der Waals surface area contributed by atoms with Crippen LogP contribution in [0.1, 0.15) is 33.2 Å². The minimum atomic E-state index is -1.00. The van der Waals surface area contributed by atoms with Crippen molar-refractivity contribution in [2.45, 2.75) is 13.3 Å². The van der Waals surface area contributed by atoms with Crippen molar-refractivity contribution in [2.75, 3.05) is 13.7 Å². The van der Waals surface area contributed by atoms with E-state index in [1.165, 1.54) is 29.8 Å². The first-order valence-corrected chi connectivity index (χ1v) is 7.74. The minimum Gasteiger partial charge on any atom is -0.497 e. The van der Waals surface area contributed by atoms with E-state index in [4.69, 9.17) is 9.84 Å². The van der Waals surface area contributed by atoms with Crippen LogP contribution in [0.15, 0.2) is 48.5 Å². The fourth-order valence-corrected chi connectivity index (χ4v) is 2.37. The summed E-state index contributed by atoms with van der Waals surface area (Å²) < 4.78 is 5.13. The zero-order chi connectivity index (χ0) is 17.5. The van der Waals surface area contributed by atoms with Gasteiger partial charge in [-0.1, -0.05) is 19.1 Å². The number of amides is 1. The number of benzene rings is 2. The molecular formula is C19H21NO4. The number of nitrogens with one attached hydrogen (secondary N) is 1. The van der Waals surface area contributed by atoms with Crippen molar-refractivity contribution < 1.29 is 19.4 Å². The molecule has 5 heteroatoms. The number of carbonyl (C=O) groups excluding carboxylic acids is 1. The van der Waals surface area contributed by atoms with E-state index >= 15 is 0 Å². The quantitative estimate of drug-likeness (QED) is 0.820. The highest BCUT2D eigenvalue weighted by Crippen LogP contribution is 2.14. The van der Waals surface area contributed by atoms with Crippen LogP contribution in [0.5, 0.6) is 5.75 Å². The van der Waals surface area contributed by atoms with E-state index < -0.39 is 5.97 Å². The molecule has 0 aromatic heterocycles. The van der Waals surface area contributed by atoms with Crippen LogP contribution in [0.25, 0.3) is 0 Å². The van der Waals surface area contributed by atoms with E-state index in [9.17, 15) is 9.59 Å². The number of rotatable bonds is 7. The summed E-state index contributed by atoms with van der Waals surface area (Å²) in [5, 5.41) is 11.7. The lowest BCUT2D eigenvalue weighted by atomic mass is 10.0. The minimum absolute atomic E-state index is 0.166. The van der Waals surface area contributed by atoms with Crippen LogP contribution in [0.4, 0.5) is 0 Å². The van der Waals surface area contributed by atoms with Crippen LogP contribution in [-0.4, -0.2) is 30.6 Å². The molecule has 1 amide bonds. The topological polar surface area (TPSA) is 75.6 Å². The number of hydrogen-bond donors (Lipinski definition) is 2. The predicted molar refractivity (Wildman–Crippen MR) is 91.6 cm³/mol. The number of carbonyl (C=O) groups is 2. The molecule has 0 aliphatic heterocycles. The summed E-state index contributed by atoms with van der Waals surface area (Å²) in [6.45, 7) is 2.61. The average molecular weight is 327 g/mol. The lowest BCUT2D eigenvalue weighted by molar-refractivity contribution is 0.0696. The molecule has 2 rings (SSSR count). The highest BCUT2D eigenvalue weighted by atomic mass is 16.5. The molecule has 0 radical (unpaired) electrons. The summed E-state index contributed by atoms with van der Waals surface area (Å²) in [5.41, 5.74) is 1.81. The maximum absolute atomic E-state index is 12.1. The molecule has 0 fully saturated rings. The van der Waals surface area contributed by atoms with Gasteiger partial charge in [0.15, 0.2) is 0 Å². The number of hydrogen-bond acceptors (Lipinski definition) is 3. The second-order valence-corrected chi connectivity index (χ2v) is 5.75. The van der Waals surface area contributed by atoms with Crippen molar-refractivity contribution in [3.8, 4) is 5.75 Å². The van der Waals surface area contributed by atoms with Gasteiger partial charge < -0.3 is 15.2 Å². The Morgan fingerprint density at radius 3 is 2.17 bits per heavy atom. The SMILES string of the molecule is COc1ccc(CC(C)CNC(=O)c2ccc(C(=O)O)cc2)cc1. The molecule has 2 aromatic carbocycles. The molecule has 0 spiro atoms. The predicted octanol–water partition coefficient (Wildman–Crippen LogP) is 3.00. The summed E-state index contributed by atoms with van der Waals surface area (Å²) in [7, 11) is 1.64. The molecule has 0 bridgehead atoms. The fraction of sp³-hybridized carbons (Fsp3) is 0.263. The number of methoxy groups -OCH3 is 1. The Bertz CT molecular complexity index is 692. The van der Waals surface area contributed by atoms with Gasteiger partial charge in [-0.3, -0.25) is 4.79 Å². The van der Waals surface area contributed by atoms with Gasteiger partial charge >= 0.3 is 5.97 Å².